The summed E-state index contributed by atoms with van der Waals surface area (Å²) in [5, 5.41) is 3.79. The maximum absolute atomic E-state index is 5.34. The summed E-state index contributed by atoms with van der Waals surface area (Å²) < 4.78 is 5.34. The fourth-order valence-corrected chi connectivity index (χ4v) is 3.09. The van der Waals surface area contributed by atoms with E-state index >= 15 is 0 Å². The van der Waals surface area contributed by atoms with Crippen LogP contribution in [0.25, 0.3) is 0 Å². The Morgan fingerprint density at radius 3 is 2.89 bits per heavy atom. The first kappa shape index (κ1) is 12.0. The van der Waals surface area contributed by atoms with E-state index in [1.807, 2.05) is 0 Å². The highest BCUT2D eigenvalue weighted by atomic mass is 16.5. The second-order valence-electron chi connectivity index (χ2n) is 5.89. The molecule has 2 aliphatic carbocycles. The minimum atomic E-state index is 0.541. The van der Waals surface area contributed by atoms with Crippen molar-refractivity contribution in [1.29, 1.82) is 0 Å². The number of nitrogens with one attached hydrogen (secondary N) is 1. The molecule has 1 saturated carbocycles. The average molecular weight is 245 g/mol. The maximum Gasteiger partial charge on any atom is 0.119 e. The molecule has 0 amide bonds. The molecule has 0 spiro atoms. The second-order valence-corrected chi connectivity index (χ2v) is 5.89. The summed E-state index contributed by atoms with van der Waals surface area (Å²) >= 11 is 0. The van der Waals surface area contributed by atoms with Gasteiger partial charge in [0, 0.05) is 12.6 Å². The highest BCUT2D eigenvalue weighted by molar-refractivity contribution is 5.40. The number of hydrogen-bond acceptors (Lipinski definition) is 2. The summed E-state index contributed by atoms with van der Waals surface area (Å²) in [6.45, 7) is 3.51. The lowest BCUT2D eigenvalue weighted by molar-refractivity contribution is 0.399. The molecule has 0 heterocycles. The molecule has 0 radical (unpaired) electrons. The molecule has 98 valence electrons. The van der Waals surface area contributed by atoms with E-state index in [0.717, 1.165) is 5.75 Å². The summed E-state index contributed by atoms with van der Waals surface area (Å²) in [7, 11) is 1.75. The number of hydrogen-bond donors (Lipinski definition) is 1. The van der Waals surface area contributed by atoms with Crippen molar-refractivity contribution in [2.24, 2.45) is 5.41 Å². The van der Waals surface area contributed by atoms with Gasteiger partial charge in [-0.2, -0.15) is 0 Å². The molecule has 1 aromatic rings. The minimum absolute atomic E-state index is 0.541. The molecule has 1 atom stereocenters. The molecule has 1 fully saturated rings. The third-order valence-electron chi connectivity index (χ3n) is 4.86. The summed E-state index contributed by atoms with van der Waals surface area (Å²) in [4.78, 5) is 0. The molecule has 18 heavy (non-hydrogen) atoms. The zero-order valence-corrected chi connectivity index (χ0v) is 11.5. The van der Waals surface area contributed by atoms with Crippen LogP contribution in [0.4, 0.5) is 0 Å². The Hall–Kier alpha value is -1.02. The van der Waals surface area contributed by atoms with Gasteiger partial charge < -0.3 is 10.1 Å². The molecule has 1 unspecified atom stereocenters. The number of rotatable bonds is 5. The molecule has 3 rings (SSSR count). The monoisotopic (exact) mass is 245 g/mol. The van der Waals surface area contributed by atoms with Gasteiger partial charge in [0.15, 0.2) is 0 Å². The van der Waals surface area contributed by atoms with Crippen molar-refractivity contribution < 1.29 is 4.74 Å². The van der Waals surface area contributed by atoms with E-state index in [4.69, 9.17) is 4.74 Å². The number of benzene rings is 1. The normalized spacial score (nSPS) is 23.8. The van der Waals surface area contributed by atoms with Crippen LogP contribution >= 0.6 is 0 Å². The van der Waals surface area contributed by atoms with E-state index < -0.39 is 0 Å². The van der Waals surface area contributed by atoms with Crippen LogP contribution < -0.4 is 10.1 Å². The number of ether oxygens (including phenoxy) is 1. The Bertz CT molecular complexity index is 437. The molecule has 0 bridgehead atoms. The van der Waals surface area contributed by atoms with Gasteiger partial charge in [0.1, 0.15) is 5.75 Å². The second kappa shape index (κ2) is 4.58. The third kappa shape index (κ3) is 2.14. The maximum atomic E-state index is 5.34. The lowest BCUT2D eigenvalue weighted by atomic mass is 10.0. The van der Waals surface area contributed by atoms with Crippen molar-refractivity contribution in [3.05, 3.63) is 29.3 Å². The quantitative estimate of drug-likeness (QED) is 0.857. The Morgan fingerprint density at radius 1 is 1.39 bits per heavy atom. The highest BCUT2D eigenvalue weighted by Crippen LogP contribution is 2.48. The van der Waals surface area contributed by atoms with E-state index in [1.54, 1.807) is 7.11 Å². The van der Waals surface area contributed by atoms with Crippen LogP contribution in [-0.4, -0.2) is 13.7 Å². The topological polar surface area (TPSA) is 21.3 Å². The van der Waals surface area contributed by atoms with Crippen LogP contribution in [0.15, 0.2) is 18.2 Å². The van der Waals surface area contributed by atoms with Crippen molar-refractivity contribution in [2.75, 3.05) is 13.7 Å². The van der Waals surface area contributed by atoms with Gasteiger partial charge in [0.25, 0.3) is 0 Å². The van der Waals surface area contributed by atoms with Crippen LogP contribution in [0.2, 0.25) is 0 Å². The van der Waals surface area contributed by atoms with Crippen molar-refractivity contribution in [2.45, 2.75) is 45.1 Å². The van der Waals surface area contributed by atoms with Gasteiger partial charge >= 0.3 is 0 Å². The average Bonchev–Trinajstić information content (AvgIpc) is 3.10. The molecule has 2 heteroatoms. The fraction of sp³-hybridized carbons (Fsp3) is 0.625. The molecule has 1 N–H and O–H groups in total. The molecule has 2 nitrogen and oxygen atoms in total. The SMILES string of the molecule is CCC1(CNC2CCc3ccc(OC)cc32)CC1. The van der Waals surface area contributed by atoms with Crippen LogP contribution in [0.1, 0.15) is 49.8 Å². The van der Waals surface area contributed by atoms with Crippen molar-refractivity contribution >= 4 is 0 Å². The molecule has 2 aliphatic rings. The molecular formula is C16H23NO. The molecule has 0 aromatic heterocycles. The first-order valence-corrected chi connectivity index (χ1v) is 7.16. The summed E-state index contributed by atoms with van der Waals surface area (Å²) in [5.74, 6) is 0.985. The Morgan fingerprint density at radius 2 is 2.22 bits per heavy atom. The van der Waals surface area contributed by atoms with Gasteiger partial charge in [0.2, 0.25) is 0 Å². The minimum Gasteiger partial charge on any atom is -0.497 e. The Kier molecular flexibility index (Phi) is 3.06. The van der Waals surface area contributed by atoms with Gasteiger partial charge in [-0.05, 0) is 60.8 Å². The van der Waals surface area contributed by atoms with E-state index in [2.05, 4.69) is 30.4 Å². The first-order chi connectivity index (χ1) is 8.76. The van der Waals surface area contributed by atoms with Gasteiger partial charge in [-0.3, -0.25) is 0 Å². The van der Waals surface area contributed by atoms with Gasteiger partial charge in [-0.25, -0.2) is 0 Å². The Balaban J connectivity index is 1.69. The number of methoxy groups -OCH3 is 1. The van der Waals surface area contributed by atoms with Crippen molar-refractivity contribution in [3.8, 4) is 5.75 Å². The first-order valence-electron chi connectivity index (χ1n) is 7.16. The van der Waals surface area contributed by atoms with E-state index in [9.17, 15) is 0 Å². The van der Waals surface area contributed by atoms with Crippen molar-refractivity contribution in [1.82, 2.24) is 5.32 Å². The Labute approximate surface area is 110 Å². The van der Waals surface area contributed by atoms with E-state index in [-0.39, 0.29) is 0 Å². The summed E-state index contributed by atoms with van der Waals surface area (Å²) in [5.41, 5.74) is 3.58. The molecule has 1 aromatic carbocycles. The predicted molar refractivity (Wildman–Crippen MR) is 74.0 cm³/mol. The molecule has 0 saturated heterocycles. The van der Waals surface area contributed by atoms with Gasteiger partial charge in [-0.15, -0.1) is 0 Å². The zero-order valence-electron chi connectivity index (χ0n) is 11.5. The van der Waals surface area contributed by atoms with E-state index in [0.29, 0.717) is 11.5 Å². The van der Waals surface area contributed by atoms with Crippen LogP contribution in [0.3, 0.4) is 0 Å². The summed E-state index contributed by atoms with van der Waals surface area (Å²) in [6, 6.07) is 7.06. The smallest absolute Gasteiger partial charge is 0.119 e. The lowest BCUT2D eigenvalue weighted by Crippen LogP contribution is -2.26. The van der Waals surface area contributed by atoms with Crippen LogP contribution in [-0.2, 0) is 6.42 Å². The fourth-order valence-electron chi connectivity index (χ4n) is 3.09. The van der Waals surface area contributed by atoms with Crippen LogP contribution in [0.5, 0.6) is 5.75 Å². The molecular weight excluding hydrogens is 222 g/mol. The summed E-state index contributed by atoms with van der Waals surface area (Å²) in [6.07, 6.45) is 6.58. The van der Waals surface area contributed by atoms with Gasteiger partial charge in [0.05, 0.1) is 7.11 Å². The van der Waals surface area contributed by atoms with Crippen molar-refractivity contribution in [3.63, 3.8) is 0 Å². The lowest BCUT2D eigenvalue weighted by Gasteiger charge is -2.19. The zero-order chi connectivity index (χ0) is 12.6. The number of fused-ring (bicyclic) bond motifs is 1. The standard InChI is InChI=1S/C16H23NO/c1-3-16(8-9-16)11-17-15-7-5-12-4-6-13(18-2)10-14(12)15/h4,6,10,15,17H,3,5,7-9,11H2,1-2H3. The van der Waals surface area contributed by atoms with Gasteiger partial charge in [-0.1, -0.05) is 13.0 Å². The van der Waals surface area contributed by atoms with Crippen LogP contribution in [0, 0.1) is 5.41 Å². The predicted octanol–water partition coefficient (Wildman–Crippen LogP) is 3.46. The number of aryl methyl sites for hydroxylation is 1. The highest BCUT2D eigenvalue weighted by Gasteiger charge is 2.40. The third-order valence-corrected chi connectivity index (χ3v) is 4.86. The molecule has 0 aliphatic heterocycles. The van der Waals surface area contributed by atoms with E-state index in [1.165, 1.54) is 49.8 Å². The largest absolute Gasteiger partial charge is 0.497 e.